The molecule has 0 N–H and O–H groups in total. The summed E-state index contributed by atoms with van der Waals surface area (Å²) in [6.07, 6.45) is 2.51. The van der Waals surface area contributed by atoms with Crippen molar-refractivity contribution in [3.63, 3.8) is 0 Å². The minimum atomic E-state index is 0.319. The van der Waals surface area contributed by atoms with E-state index in [4.69, 9.17) is 5.10 Å². The van der Waals surface area contributed by atoms with Crippen molar-refractivity contribution in [1.29, 1.82) is 0 Å². The highest BCUT2D eigenvalue weighted by molar-refractivity contribution is 5.46. The molecule has 0 atom stereocenters. The lowest BCUT2D eigenvalue weighted by atomic mass is 9.96. The predicted octanol–water partition coefficient (Wildman–Crippen LogP) is 2.49. The second-order valence-electron chi connectivity index (χ2n) is 9.04. The maximum absolute atomic E-state index is 4.85. The number of hydrogen-bond acceptors (Lipinski definition) is 6. The zero-order chi connectivity index (χ0) is 19.7. The number of aromatic nitrogens is 4. The molecule has 2 aromatic heterocycles. The third-order valence-electron chi connectivity index (χ3n) is 6.38. The minimum Gasteiger partial charge on any atom is -0.355 e. The summed E-state index contributed by atoms with van der Waals surface area (Å²) in [6, 6.07) is 4.82. The molecule has 0 saturated carbocycles. The van der Waals surface area contributed by atoms with Gasteiger partial charge in [-0.3, -0.25) is 4.90 Å². The second-order valence-corrected chi connectivity index (χ2v) is 9.04. The quantitative estimate of drug-likeness (QED) is 0.788. The van der Waals surface area contributed by atoms with Crippen LogP contribution in [-0.2, 0) is 0 Å². The van der Waals surface area contributed by atoms with Crippen molar-refractivity contribution >= 4 is 11.5 Å². The van der Waals surface area contributed by atoms with E-state index in [9.17, 15) is 0 Å². The van der Waals surface area contributed by atoms with Crippen LogP contribution < -0.4 is 4.90 Å². The maximum atomic E-state index is 4.85. The van der Waals surface area contributed by atoms with Crippen LogP contribution in [0.3, 0.4) is 0 Å². The lowest BCUT2D eigenvalue weighted by Gasteiger charge is -2.40. The predicted molar refractivity (Wildman–Crippen MR) is 113 cm³/mol. The van der Waals surface area contributed by atoms with Crippen LogP contribution in [0.25, 0.3) is 5.65 Å². The third kappa shape index (κ3) is 4.15. The van der Waals surface area contributed by atoms with Crippen molar-refractivity contribution < 1.29 is 0 Å². The van der Waals surface area contributed by atoms with Crippen molar-refractivity contribution in [3.05, 3.63) is 18.0 Å². The number of rotatable bonds is 5. The van der Waals surface area contributed by atoms with Crippen LogP contribution in [0.4, 0.5) is 5.82 Å². The molecule has 2 aliphatic rings. The largest absolute Gasteiger partial charge is 0.355 e. The topological polar surface area (TPSA) is 52.8 Å². The Morgan fingerprint density at radius 1 is 0.929 bits per heavy atom. The first-order valence-corrected chi connectivity index (χ1v) is 10.9. The summed E-state index contributed by atoms with van der Waals surface area (Å²) in [5, 5.41) is 13.4. The molecule has 28 heavy (non-hydrogen) atoms. The molecule has 0 aromatic carbocycles. The van der Waals surface area contributed by atoms with E-state index in [1.165, 1.54) is 45.6 Å². The van der Waals surface area contributed by atoms with Gasteiger partial charge in [-0.1, -0.05) is 13.8 Å². The van der Waals surface area contributed by atoms with Crippen molar-refractivity contribution in [2.45, 2.75) is 52.5 Å². The highest BCUT2D eigenvalue weighted by Crippen LogP contribution is 2.24. The van der Waals surface area contributed by atoms with E-state index in [0.717, 1.165) is 36.3 Å². The SMILES string of the molecule is CC(C)c1nnc2ccc(N3CCC(CN4CCN(C(C)C)CC4)CC3)nn12. The van der Waals surface area contributed by atoms with Crippen molar-refractivity contribution in [1.82, 2.24) is 29.6 Å². The van der Waals surface area contributed by atoms with Crippen LogP contribution in [0.2, 0.25) is 0 Å². The van der Waals surface area contributed by atoms with Gasteiger partial charge in [-0.15, -0.1) is 15.3 Å². The average molecular weight is 386 g/mol. The fourth-order valence-corrected chi connectivity index (χ4v) is 4.50. The second kappa shape index (κ2) is 8.33. The van der Waals surface area contributed by atoms with Crippen LogP contribution in [0.1, 0.15) is 52.3 Å². The number of nitrogens with zero attached hydrogens (tertiary/aromatic N) is 7. The highest BCUT2D eigenvalue weighted by atomic mass is 15.4. The molecule has 4 rings (SSSR count). The van der Waals surface area contributed by atoms with E-state index in [1.54, 1.807) is 0 Å². The first-order chi connectivity index (χ1) is 13.5. The number of fused-ring (bicyclic) bond motifs is 1. The number of anilines is 1. The molecule has 0 aliphatic carbocycles. The van der Waals surface area contributed by atoms with Crippen LogP contribution in [0.5, 0.6) is 0 Å². The first-order valence-electron chi connectivity index (χ1n) is 10.9. The van der Waals surface area contributed by atoms with Crippen LogP contribution in [-0.4, -0.2) is 81.5 Å². The van der Waals surface area contributed by atoms with Crippen LogP contribution in [0.15, 0.2) is 12.1 Å². The molecule has 0 spiro atoms. The zero-order valence-electron chi connectivity index (χ0n) is 17.9. The lowest BCUT2D eigenvalue weighted by Crippen LogP contribution is -2.50. The van der Waals surface area contributed by atoms with Crippen molar-refractivity contribution in [2.75, 3.05) is 50.7 Å². The maximum Gasteiger partial charge on any atom is 0.178 e. The van der Waals surface area contributed by atoms with E-state index in [0.29, 0.717) is 12.0 Å². The van der Waals surface area contributed by atoms with Crippen molar-refractivity contribution in [2.24, 2.45) is 5.92 Å². The summed E-state index contributed by atoms with van der Waals surface area (Å²) in [5.74, 6) is 3.12. The molecule has 0 bridgehead atoms. The molecule has 2 aromatic rings. The van der Waals surface area contributed by atoms with Gasteiger partial charge in [-0.2, -0.15) is 4.52 Å². The lowest BCUT2D eigenvalue weighted by molar-refractivity contribution is 0.0930. The monoisotopic (exact) mass is 385 g/mol. The normalized spacial score (nSPS) is 20.7. The van der Waals surface area contributed by atoms with Gasteiger partial charge in [-0.25, -0.2) is 0 Å². The Balaban J connectivity index is 1.32. The Labute approximate surface area is 168 Å². The molecule has 0 amide bonds. The Kier molecular flexibility index (Phi) is 5.83. The van der Waals surface area contributed by atoms with Gasteiger partial charge in [-0.05, 0) is 44.7 Å². The summed E-state index contributed by atoms with van der Waals surface area (Å²) < 4.78 is 1.92. The van der Waals surface area contributed by atoms with Gasteiger partial charge >= 0.3 is 0 Å². The molecule has 4 heterocycles. The zero-order valence-corrected chi connectivity index (χ0v) is 17.9. The summed E-state index contributed by atoms with van der Waals surface area (Å²) in [4.78, 5) is 7.70. The van der Waals surface area contributed by atoms with Gasteiger partial charge in [0.2, 0.25) is 0 Å². The Hall–Kier alpha value is -1.73. The molecule has 7 nitrogen and oxygen atoms in total. The van der Waals surface area contributed by atoms with Gasteiger partial charge in [0, 0.05) is 57.8 Å². The van der Waals surface area contributed by atoms with E-state index < -0.39 is 0 Å². The Morgan fingerprint density at radius 3 is 2.29 bits per heavy atom. The fourth-order valence-electron chi connectivity index (χ4n) is 4.50. The first kappa shape index (κ1) is 19.6. The molecule has 7 heteroatoms. The third-order valence-corrected chi connectivity index (χ3v) is 6.38. The van der Waals surface area contributed by atoms with Crippen LogP contribution >= 0.6 is 0 Å². The summed E-state index contributed by atoms with van der Waals surface area (Å²) in [7, 11) is 0. The summed E-state index contributed by atoms with van der Waals surface area (Å²) in [6.45, 7) is 17.2. The van der Waals surface area contributed by atoms with Gasteiger partial charge in [0.15, 0.2) is 11.5 Å². The molecule has 154 valence electrons. The van der Waals surface area contributed by atoms with Gasteiger partial charge < -0.3 is 9.80 Å². The van der Waals surface area contributed by atoms with E-state index >= 15 is 0 Å². The number of hydrogen-bond donors (Lipinski definition) is 0. The molecule has 2 aliphatic heterocycles. The molecule has 0 unspecified atom stereocenters. The molecular weight excluding hydrogens is 350 g/mol. The van der Waals surface area contributed by atoms with Gasteiger partial charge in [0.1, 0.15) is 5.82 Å². The van der Waals surface area contributed by atoms with E-state index in [1.807, 2.05) is 10.6 Å². The van der Waals surface area contributed by atoms with Crippen LogP contribution in [0, 0.1) is 5.92 Å². The molecule has 2 saturated heterocycles. The summed E-state index contributed by atoms with van der Waals surface area (Å²) >= 11 is 0. The average Bonchev–Trinajstić information content (AvgIpc) is 3.12. The molecular formula is C21H35N7. The van der Waals surface area contributed by atoms with Gasteiger partial charge in [0.25, 0.3) is 0 Å². The fraction of sp³-hybridized carbons (Fsp3) is 0.762. The number of piperidine rings is 1. The molecule has 0 radical (unpaired) electrons. The number of piperazine rings is 1. The Bertz CT molecular complexity index is 768. The van der Waals surface area contributed by atoms with Crippen molar-refractivity contribution in [3.8, 4) is 0 Å². The standard InChI is InChI=1S/C21H35N7/c1-16(2)21-23-22-19-5-6-20(24-28(19)21)27-9-7-18(8-10-27)15-25-11-13-26(14-12-25)17(3)4/h5-6,16-18H,7-15H2,1-4H3. The van der Waals surface area contributed by atoms with E-state index in [-0.39, 0.29) is 0 Å². The van der Waals surface area contributed by atoms with Gasteiger partial charge in [0.05, 0.1) is 0 Å². The van der Waals surface area contributed by atoms with E-state index in [2.05, 4.69) is 58.7 Å². The highest BCUT2D eigenvalue weighted by Gasteiger charge is 2.25. The smallest absolute Gasteiger partial charge is 0.178 e. The minimum absolute atomic E-state index is 0.319. The summed E-state index contributed by atoms with van der Waals surface area (Å²) in [5.41, 5.74) is 0.836. The Morgan fingerprint density at radius 2 is 1.64 bits per heavy atom. The molecule has 2 fully saturated rings.